The maximum absolute atomic E-state index is 5.09. The van der Waals surface area contributed by atoms with Gasteiger partial charge in [0.25, 0.3) is 0 Å². The Morgan fingerprint density at radius 1 is 1.38 bits per heavy atom. The Balaban J connectivity index is 2.39. The Labute approximate surface area is 48.0 Å². The van der Waals surface area contributed by atoms with Gasteiger partial charge in [0.1, 0.15) is 5.76 Å². The number of rotatable bonds is 0. The first-order valence-corrected chi connectivity index (χ1v) is 2.68. The molecule has 1 atom stereocenters. The normalized spacial score (nSPS) is 30.0. The summed E-state index contributed by atoms with van der Waals surface area (Å²) in [4.78, 5) is 0. The summed E-state index contributed by atoms with van der Waals surface area (Å²) in [5.41, 5.74) is 0. The molecule has 1 aliphatic heterocycles. The van der Waals surface area contributed by atoms with Crippen LogP contribution in [0, 0.1) is 5.92 Å². The van der Waals surface area contributed by atoms with Crippen molar-refractivity contribution < 1.29 is 4.74 Å². The van der Waals surface area contributed by atoms with E-state index in [1.54, 1.807) is 6.26 Å². The molecule has 0 radical (unpaired) electrons. The molecule has 2 aliphatic rings. The molecule has 0 N–H and O–H groups in total. The minimum absolute atomic E-state index is 0.454. The van der Waals surface area contributed by atoms with Gasteiger partial charge in [-0.1, -0.05) is 12.2 Å². The third-order valence-corrected chi connectivity index (χ3v) is 1.40. The SMILES string of the molecule is C1=CC2C=COC2=C1. The average Bonchev–Trinajstić information content (AvgIpc) is 2.15. The zero-order valence-corrected chi connectivity index (χ0v) is 4.37. The quantitative estimate of drug-likeness (QED) is 0.455. The van der Waals surface area contributed by atoms with Gasteiger partial charge in [0.2, 0.25) is 0 Å². The van der Waals surface area contributed by atoms with Crippen LogP contribution < -0.4 is 0 Å². The fourth-order valence-electron chi connectivity index (χ4n) is 0.955. The van der Waals surface area contributed by atoms with Gasteiger partial charge in [0.15, 0.2) is 0 Å². The number of fused-ring (bicyclic) bond motifs is 1. The molecule has 0 spiro atoms. The van der Waals surface area contributed by atoms with Gasteiger partial charge in [0, 0.05) is 0 Å². The van der Waals surface area contributed by atoms with Gasteiger partial charge < -0.3 is 4.74 Å². The minimum Gasteiger partial charge on any atom is -0.469 e. The number of allylic oxidation sites excluding steroid dienone is 3. The summed E-state index contributed by atoms with van der Waals surface area (Å²) in [5.74, 6) is 1.51. The van der Waals surface area contributed by atoms with Crippen molar-refractivity contribution in [2.24, 2.45) is 5.92 Å². The standard InChI is InChI=1S/C7H6O/c1-2-6-4-5-8-7(6)3-1/h1-6H. The van der Waals surface area contributed by atoms with Crippen LogP contribution in [0.5, 0.6) is 0 Å². The maximum Gasteiger partial charge on any atom is 0.114 e. The molecule has 40 valence electrons. The fourth-order valence-corrected chi connectivity index (χ4v) is 0.955. The molecule has 0 aromatic rings. The second kappa shape index (κ2) is 1.25. The Bertz CT molecular complexity index is 187. The Kier molecular flexibility index (Phi) is 0.618. The molecule has 1 nitrogen and oxygen atoms in total. The zero-order valence-electron chi connectivity index (χ0n) is 4.37. The zero-order chi connectivity index (χ0) is 5.40. The van der Waals surface area contributed by atoms with Crippen molar-refractivity contribution in [1.29, 1.82) is 0 Å². The van der Waals surface area contributed by atoms with Gasteiger partial charge in [-0.2, -0.15) is 0 Å². The van der Waals surface area contributed by atoms with Crippen molar-refractivity contribution in [3.63, 3.8) is 0 Å². The lowest BCUT2D eigenvalue weighted by molar-refractivity contribution is 0.357. The van der Waals surface area contributed by atoms with Gasteiger partial charge in [-0.3, -0.25) is 0 Å². The molecule has 0 saturated heterocycles. The van der Waals surface area contributed by atoms with Gasteiger partial charge >= 0.3 is 0 Å². The molecule has 1 heterocycles. The molecular formula is C7H6O. The molecule has 0 aromatic carbocycles. The number of hydrogen-bond donors (Lipinski definition) is 0. The summed E-state index contributed by atoms with van der Waals surface area (Å²) in [6.07, 6.45) is 9.89. The first-order chi connectivity index (χ1) is 3.97. The highest BCUT2D eigenvalue weighted by Gasteiger charge is 2.16. The maximum atomic E-state index is 5.09. The molecule has 0 saturated carbocycles. The average molecular weight is 106 g/mol. The molecule has 1 unspecified atom stereocenters. The van der Waals surface area contributed by atoms with Crippen molar-refractivity contribution >= 4 is 0 Å². The molecular weight excluding hydrogens is 100 g/mol. The van der Waals surface area contributed by atoms with E-state index in [0.717, 1.165) is 5.76 Å². The number of hydrogen-bond acceptors (Lipinski definition) is 1. The highest BCUT2D eigenvalue weighted by atomic mass is 16.5. The van der Waals surface area contributed by atoms with E-state index >= 15 is 0 Å². The summed E-state index contributed by atoms with van der Waals surface area (Å²) in [5, 5.41) is 0. The fraction of sp³-hybridized carbons (Fsp3) is 0.143. The molecule has 1 heteroatoms. The van der Waals surface area contributed by atoms with Gasteiger partial charge in [-0.15, -0.1) is 0 Å². The van der Waals surface area contributed by atoms with E-state index in [4.69, 9.17) is 4.74 Å². The predicted octanol–water partition coefficient (Wildman–Crippen LogP) is 1.60. The largest absolute Gasteiger partial charge is 0.469 e. The van der Waals surface area contributed by atoms with Crippen molar-refractivity contribution in [2.45, 2.75) is 0 Å². The van der Waals surface area contributed by atoms with Crippen LogP contribution in [0.2, 0.25) is 0 Å². The monoisotopic (exact) mass is 106 g/mol. The first kappa shape index (κ1) is 3.96. The molecule has 1 aliphatic carbocycles. The predicted molar refractivity (Wildman–Crippen MR) is 30.9 cm³/mol. The Morgan fingerprint density at radius 2 is 2.38 bits per heavy atom. The van der Waals surface area contributed by atoms with Crippen LogP contribution in [-0.4, -0.2) is 0 Å². The lowest BCUT2D eigenvalue weighted by Gasteiger charge is -1.95. The van der Waals surface area contributed by atoms with Crippen LogP contribution >= 0.6 is 0 Å². The van der Waals surface area contributed by atoms with E-state index in [1.165, 1.54) is 0 Å². The van der Waals surface area contributed by atoms with E-state index in [-0.39, 0.29) is 0 Å². The summed E-state index contributed by atoms with van der Waals surface area (Å²) < 4.78 is 5.09. The summed E-state index contributed by atoms with van der Waals surface area (Å²) in [6.45, 7) is 0. The van der Waals surface area contributed by atoms with Crippen molar-refractivity contribution in [1.82, 2.24) is 0 Å². The molecule has 8 heavy (non-hydrogen) atoms. The van der Waals surface area contributed by atoms with Crippen LogP contribution in [-0.2, 0) is 4.74 Å². The molecule has 0 aromatic heterocycles. The Hall–Kier alpha value is -0.980. The van der Waals surface area contributed by atoms with Crippen LogP contribution in [0.15, 0.2) is 36.3 Å². The van der Waals surface area contributed by atoms with Crippen molar-refractivity contribution in [2.75, 3.05) is 0 Å². The highest BCUT2D eigenvalue weighted by molar-refractivity contribution is 5.30. The second-order valence-electron chi connectivity index (χ2n) is 1.93. The van der Waals surface area contributed by atoms with E-state index < -0.39 is 0 Å². The summed E-state index contributed by atoms with van der Waals surface area (Å²) in [7, 11) is 0. The summed E-state index contributed by atoms with van der Waals surface area (Å²) in [6, 6.07) is 0. The van der Waals surface area contributed by atoms with Gasteiger partial charge in [0.05, 0.1) is 12.2 Å². The van der Waals surface area contributed by atoms with Crippen LogP contribution in [0.1, 0.15) is 0 Å². The van der Waals surface area contributed by atoms with Gasteiger partial charge in [-0.25, -0.2) is 0 Å². The molecule has 2 rings (SSSR count). The lowest BCUT2D eigenvalue weighted by Crippen LogP contribution is -1.85. The van der Waals surface area contributed by atoms with Gasteiger partial charge in [-0.05, 0) is 12.2 Å². The second-order valence-corrected chi connectivity index (χ2v) is 1.93. The Morgan fingerprint density at radius 3 is 3.25 bits per heavy atom. The van der Waals surface area contributed by atoms with Crippen LogP contribution in [0.4, 0.5) is 0 Å². The third-order valence-electron chi connectivity index (χ3n) is 1.40. The summed E-state index contributed by atoms with van der Waals surface area (Å²) >= 11 is 0. The highest BCUT2D eigenvalue weighted by Crippen LogP contribution is 2.26. The minimum atomic E-state index is 0.454. The van der Waals surface area contributed by atoms with Crippen LogP contribution in [0.3, 0.4) is 0 Å². The molecule has 0 bridgehead atoms. The lowest BCUT2D eigenvalue weighted by atomic mass is 10.2. The molecule has 0 fully saturated rings. The van der Waals surface area contributed by atoms with Crippen molar-refractivity contribution in [3.8, 4) is 0 Å². The third kappa shape index (κ3) is 0.360. The van der Waals surface area contributed by atoms with E-state index in [2.05, 4.69) is 6.08 Å². The van der Waals surface area contributed by atoms with E-state index in [9.17, 15) is 0 Å². The molecule has 0 amide bonds. The first-order valence-electron chi connectivity index (χ1n) is 2.68. The van der Waals surface area contributed by atoms with Crippen molar-refractivity contribution in [3.05, 3.63) is 36.3 Å². The van der Waals surface area contributed by atoms with E-state index in [0.29, 0.717) is 5.92 Å². The smallest absolute Gasteiger partial charge is 0.114 e. The topological polar surface area (TPSA) is 9.23 Å². The van der Waals surface area contributed by atoms with Crippen LogP contribution in [0.25, 0.3) is 0 Å². The number of ether oxygens (including phenoxy) is 1. The van der Waals surface area contributed by atoms with E-state index in [1.807, 2.05) is 18.2 Å².